The third kappa shape index (κ3) is 5.58. The van der Waals surface area contributed by atoms with Gasteiger partial charge in [-0.15, -0.1) is 0 Å². The number of nitrogens with zero attached hydrogens (tertiary/aromatic N) is 1. The first-order valence-corrected chi connectivity index (χ1v) is 11.1. The number of nitrogens with one attached hydrogen (secondary N) is 1. The fourth-order valence-corrected chi connectivity index (χ4v) is 4.08. The maximum atomic E-state index is 13.6. The van der Waals surface area contributed by atoms with Crippen LogP contribution in [0.1, 0.15) is 6.92 Å². The molecule has 0 bridgehead atoms. The van der Waals surface area contributed by atoms with Crippen LogP contribution in [-0.2, 0) is 14.8 Å². The van der Waals surface area contributed by atoms with Crippen molar-refractivity contribution in [1.29, 1.82) is 0 Å². The van der Waals surface area contributed by atoms with Crippen molar-refractivity contribution in [3.05, 3.63) is 84.4 Å². The van der Waals surface area contributed by atoms with Crippen LogP contribution in [0.15, 0.2) is 72.8 Å². The van der Waals surface area contributed by atoms with Crippen molar-refractivity contribution in [3.63, 3.8) is 0 Å². The van der Waals surface area contributed by atoms with Crippen LogP contribution in [0, 0.1) is 11.6 Å². The number of sulfonamides is 1. The summed E-state index contributed by atoms with van der Waals surface area (Å²) in [5, 5.41) is 2.61. The number of hydrogen-bond donors (Lipinski definition) is 1. The van der Waals surface area contributed by atoms with E-state index in [-0.39, 0.29) is 5.69 Å². The van der Waals surface area contributed by atoms with Crippen molar-refractivity contribution < 1.29 is 26.7 Å². The van der Waals surface area contributed by atoms with Gasteiger partial charge in [0, 0.05) is 11.8 Å². The highest BCUT2D eigenvalue weighted by Gasteiger charge is 2.29. The smallest absolute Gasteiger partial charge is 0.247 e. The standard InChI is InChI=1S/C22H20F2N2O4S/c1-15(26(31(2,28)29)17-10-13-20(23)21(24)14-17)22(27)25-16-8-11-19(12-9-16)30-18-6-4-3-5-7-18/h3-15H,1-2H3,(H,25,27)/t15-/m0/s1. The monoisotopic (exact) mass is 446 g/mol. The summed E-state index contributed by atoms with van der Waals surface area (Å²) in [5.74, 6) is -1.77. The summed E-state index contributed by atoms with van der Waals surface area (Å²) in [4.78, 5) is 12.7. The van der Waals surface area contributed by atoms with E-state index in [2.05, 4.69) is 5.32 Å². The third-order valence-corrected chi connectivity index (χ3v) is 5.59. The third-order valence-electron chi connectivity index (χ3n) is 4.35. The van der Waals surface area contributed by atoms with Gasteiger partial charge in [-0.05, 0) is 55.5 Å². The highest BCUT2D eigenvalue weighted by molar-refractivity contribution is 7.92. The van der Waals surface area contributed by atoms with Crippen molar-refractivity contribution >= 4 is 27.3 Å². The van der Waals surface area contributed by atoms with E-state index in [0.717, 1.165) is 28.8 Å². The number of ether oxygens (including phenoxy) is 1. The maximum Gasteiger partial charge on any atom is 0.247 e. The number of carbonyl (C=O) groups excluding carboxylic acids is 1. The molecule has 0 saturated carbocycles. The highest BCUT2D eigenvalue weighted by atomic mass is 32.2. The zero-order chi connectivity index (χ0) is 22.6. The highest BCUT2D eigenvalue weighted by Crippen LogP contribution is 2.25. The molecule has 31 heavy (non-hydrogen) atoms. The molecule has 0 unspecified atom stereocenters. The minimum Gasteiger partial charge on any atom is -0.457 e. The van der Waals surface area contributed by atoms with Gasteiger partial charge in [0.15, 0.2) is 11.6 Å². The number of amides is 1. The second-order valence-corrected chi connectivity index (χ2v) is 8.62. The number of anilines is 2. The van der Waals surface area contributed by atoms with Crippen LogP contribution < -0.4 is 14.4 Å². The first-order valence-electron chi connectivity index (χ1n) is 9.23. The SMILES string of the molecule is C[C@@H](C(=O)Nc1ccc(Oc2ccccc2)cc1)N(c1ccc(F)c(F)c1)S(C)(=O)=O. The maximum absolute atomic E-state index is 13.6. The lowest BCUT2D eigenvalue weighted by Gasteiger charge is -2.28. The molecule has 6 nitrogen and oxygen atoms in total. The predicted molar refractivity (Wildman–Crippen MR) is 115 cm³/mol. The molecule has 3 aromatic carbocycles. The summed E-state index contributed by atoms with van der Waals surface area (Å²) in [5.41, 5.74) is 0.256. The van der Waals surface area contributed by atoms with Gasteiger partial charge in [0.05, 0.1) is 11.9 Å². The fourth-order valence-electron chi connectivity index (χ4n) is 2.91. The fraction of sp³-hybridized carbons (Fsp3) is 0.136. The topological polar surface area (TPSA) is 75.7 Å². The van der Waals surface area contributed by atoms with Crippen LogP contribution in [0.2, 0.25) is 0 Å². The Hall–Kier alpha value is -3.46. The molecule has 0 aliphatic heterocycles. The molecule has 1 amide bonds. The molecule has 1 atom stereocenters. The van der Waals surface area contributed by atoms with Gasteiger partial charge < -0.3 is 10.1 Å². The zero-order valence-corrected chi connectivity index (χ0v) is 17.6. The second-order valence-electron chi connectivity index (χ2n) is 6.76. The van der Waals surface area contributed by atoms with Gasteiger partial charge in [-0.1, -0.05) is 18.2 Å². The largest absolute Gasteiger partial charge is 0.457 e. The van der Waals surface area contributed by atoms with Crippen molar-refractivity contribution in [2.75, 3.05) is 15.9 Å². The summed E-state index contributed by atoms with van der Waals surface area (Å²) in [7, 11) is -3.96. The second kappa shape index (κ2) is 9.13. The summed E-state index contributed by atoms with van der Waals surface area (Å²) in [6, 6.07) is 17.1. The minimum atomic E-state index is -3.96. The van der Waals surface area contributed by atoms with E-state index in [9.17, 15) is 22.0 Å². The average molecular weight is 446 g/mol. The Morgan fingerprint density at radius 1 is 0.935 bits per heavy atom. The molecule has 0 aliphatic rings. The van der Waals surface area contributed by atoms with Crippen LogP contribution in [0.3, 0.4) is 0 Å². The summed E-state index contributed by atoms with van der Waals surface area (Å²) >= 11 is 0. The van der Waals surface area contributed by atoms with Crippen LogP contribution in [-0.4, -0.2) is 26.6 Å². The molecular weight excluding hydrogens is 426 g/mol. The lowest BCUT2D eigenvalue weighted by molar-refractivity contribution is -0.116. The first-order chi connectivity index (χ1) is 14.6. The Labute approximate surface area is 179 Å². The van der Waals surface area contributed by atoms with Gasteiger partial charge in [-0.2, -0.15) is 0 Å². The van der Waals surface area contributed by atoms with Crippen LogP contribution in [0.4, 0.5) is 20.2 Å². The van der Waals surface area contributed by atoms with Gasteiger partial charge >= 0.3 is 0 Å². The van der Waals surface area contributed by atoms with Gasteiger partial charge in [0.1, 0.15) is 17.5 Å². The molecule has 0 aliphatic carbocycles. The molecular formula is C22H20F2N2O4S. The first kappa shape index (κ1) is 22.2. The molecule has 3 rings (SSSR count). The number of hydrogen-bond acceptors (Lipinski definition) is 4. The minimum absolute atomic E-state index is 0.157. The normalized spacial score (nSPS) is 12.1. The van der Waals surface area contributed by atoms with E-state index < -0.39 is 33.6 Å². The van der Waals surface area contributed by atoms with Crippen molar-refractivity contribution in [2.24, 2.45) is 0 Å². The van der Waals surface area contributed by atoms with Crippen molar-refractivity contribution in [1.82, 2.24) is 0 Å². The molecule has 0 saturated heterocycles. The van der Waals surface area contributed by atoms with Crippen LogP contribution in [0.25, 0.3) is 0 Å². The molecule has 0 radical (unpaired) electrons. The Kier molecular flexibility index (Phi) is 6.55. The number of para-hydroxylation sites is 1. The number of carbonyl (C=O) groups is 1. The molecule has 0 spiro atoms. The summed E-state index contributed by atoms with van der Waals surface area (Å²) < 4.78 is 57.8. The van der Waals surface area contributed by atoms with Gasteiger partial charge in [-0.25, -0.2) is 17.2 Å². The number of rotatable bonds is 7. The quantitative estimate of drug-likeness (QED) is 0.578. The molecule has 3 aromatic rings. The Morgan fingerprint density at radius 2 is 1.55 bits per heavy atom. The van der Waals surface area contributed by atoms with Crippen LogP contribution in [0.5, 0.6) is 11.5 Å². The zero-order valence-electron chi connectivity index (χ0n) is 16.7. The Bertz CT molecular complexity index is 1170. The van der Waals surface area contributed by atoms with Gasteiger partial charge in [-0.3, -0.25) is 9.10 Å². The van der Waals surface area contributed by atoms with E-state index in [0.29, 0.717) is 17.2 Å². The van der Waals surface area contributed by atoms with Crippen LogP contribution >= 0.6 is 0 Å². The van der Waals surface area contributed by atoms with E-state index in [1.54, 1.807) is 36.4 Å². The molecule has 1 N–H and O–H groups in total. The van der Waals surface area contributed by atoms with E-state index in [1.165, 1.54) is 6.92 Å². The summed E-state index contributed by atoms with van der Waals surface area (Å²) in [6.45, 7) is 1.35. The number of benzene rings is 3. The predicted octanol–water partition coefficient (Wildman–Crippen LogP) is 4.55. The van der Waals surface area contributed by atoms with E-state index >= 15 is 0 Å². The lowest BCUT2D eigenvalue weighted by atomic mass is 10.2. The Morgan fingerprint density at radius 3 is 2.13 bits per heavy atom. The average Bonchev–Trinajstić information content (AvgIpc) is 2.72. The lowest BCUT2D eigenvalue weighted by Crippen LogP contribution is -2.45. The Balaban J connectivity index is 1.75. The van der Waals surface area contributed by atoms with E-state index in [1.807, 2.05) is 18.2 Å². The molecule has 9 heteroatoms. The van der Waals surface area contributed by atoms with E-state index in [4.69, 9.17) is 4.74 Å². The summed E-state index contributed by atoms with van der Waals surface area (Å²) in [6.07, 6.45) is 0.883. The van der Waals surface area contributed by atoms with Crippen molar-refractivity contribution in [2.45, 2.75) is 13.0 Å². The molecule has 162 valence electrons. The van der Waals surface area contributed by atoms with Crippen molar-refractivity contribution in [3.8, 4) is 11.5 Å². The molecule has 0 fully saturated rings. The van der Waals surface area contributed by atoms with Gasteiger partial charge in [0.25, 0.3) is 0 Å². The number of halogens is 2. The molecule has 0 aromatic heterocycles. The molecule has 0 heterocycles. The van der Waals surface area contributed by atoms with Gasteiger partial charge in [0.2, 0.25) is 15.9 Å².